The number of amidine groups is 1. The van der Waals surface area contributed by atoms with E-state index in [1.165, 1.54) is 29.8 Å². The lowest BCUT2D eigenvalue weighted by Crippen LogP contribution is -2.30. The standard InChI is InChI=1S/C37H41FN6O3S2/c1-43(2)21-20-31(26-48-33-6-4-3-5-7-33)40-35-17-16-34(25-36(35)41-45)49(46,47)42-37(39)29-10-14-32(15-11-29)44-22-18-28(19-23-44)24-27-8-12-30(38)13-9-27/h3-17,24-25,31,40H,18-23,26H2,1-2H3,(H2,39,42)/t31-/m1/s1. The minimum Gasteiger partial charge on any atom is -0.383 e. The SMILES string of the molecule is CN(C)CC[C@H](CSc1ccccc1)Nc1ccc(S(=O)(=O)N=C(N)c2ccc(N3CCC(=Cc4ccc(F)cc4)CC3)cc2)cc1N=O. The zero-order chi connectivity index (χ0) is 34.8. The van der Waals surface area contributed by atoms with Crippen LogP contribution in [0.3, 0.4) is 0 Å². The lowest BCUT2D eigenvalue weighted by Gasteiger charge is -2.30. The fourth-order valence-electron chi connectivity index (χ4n) is 5.48. The van der Waals surface area contributed by atoms with Crippen LogP contribution in [0.1, 0.15) is 30.4 Å². The third-order valence-electron chi connectivity index (χ3n) is 8.24. The normalized spacial score (nSPS) is 14.5. The molecule has 5 rings (SSSR count). The minimum absolute atomic E-state index is 0.00271. The van der Waals surface area contributed by atoms with Crippen molar-refractivity contribution in [1.82, 2.24) is 4.90 Å². The molecule has 4 aromatic rings. The number of thioether (sulfide) groups is 1. The van der Waals surface area contributed by atoms with Crippen LogP contribution in [0.4, 0.5) is 21.5 Å². The van der Waals surface area contributed by atoms with Crippen molar-refractivity contribution in [2.45, 2.75) is 35.1 Å². The minimum atomic E-state index is -4.23. The first kappa shape index (κ1) is 35.8. The van der Waals surface area contributed by atoms with E-state index in [0.29, 0.717) is 11.3 Å². The molecule has 0 aromatic heterocycles. The van der Waals surface area contributed by atoms with Gasteiger partial charge in [0, 0.05) is 41.0 Å². The summed E-state index contributed by atoms with van der Waals surface area (Å²) >= 11 is 1.70. The van der Waals surface area contributed by atoms with Crippen molar-refractivity contribution < 1.29 is 12.8 Å². The number of rotatable bonds is 14. The van der Waals surface area contributed by atoms with Crippen molar-refractivity contribution in [3.8, 4) is 0 Å². The van der Waals surface area contributed by atoms with E-state index in [4.69, 9.17) is 5.73 Å². The number of nitroso groups, excluding NO2 is 1. The zero-order valence-electron chi connectivity index (χ0n) is 27.6. The average Bonchev–Trinajstić information content (AvgIpc) is 3.11. The maximum Gasteiger partial charge on any atom is 0.284 e. The molecule has 0 aliphatic carbocycles. The Morgan fingerprint density at radius 2 is 1.69 bits per heavy atom. The van der Waals surface area contributed by atoms with Gasteiger partial charge in [0.15, 0.2) is 0 Å². The number of anilines is 2. The molecule has 9 nitrogen and oxygen atoms in total. The highest BCUT2D eigenvalue weighted by atomic mass is 32.2. The Morgan fingerprint density at radius 1 is 1.00 bits per heavy atom. The molecule has 3 N–H and O–H groups in total. The molecule has 256 valence electrons. The number of hydrogen-bond acceptors (Lipinski definition) is 8. The molecule has 0 saturated carbocycles. The predicted molar refractivity (Wildman–Crippen MR) is 200 cm³/mol. The second kappa shape index (κ2) is 16.7. The van der Waals surface area contributed by atoms with E-state index in [1.807, 2.05) is 56.6 Å². The maximum absolute atomic E-state index is 13.3. The first-order valence-electron chi connectivity index (χ1n) is 16.1. The van der Waals surface area contributed by atoms with Gasteiger partial charge in [0.05, 0.1) is 10.6 Å². The summed E-state index contributed by atoms with van der Waals surface area (Å²) in [4.78, 5) is 17.2. The Labute approximate surface area is 292 Å². The van der Waals surface area contributed by atoms with Gasteiger partial charge in [-0.05, 0) is 117 Å². The molecular weight excluding hydrogens is 660 g/mol. The molecule has 0 unspecified atom stereocenters. The zero-order valence-corrected chi connectivity index (χ0v) is 29.3. The van der Waals surface area contributed by atoms with Gasteiger partial charge in [-0.2, -0.15) is 8.42 Å². The maximum atomic E-state index is 13.3. The molecule has 4 aromatic carbocycles. The average molecular weight is 701 g/mol. The van der Waals surface area contributed by atoms with E-state index in [-0.39, 0.29) is 28.3 Å². The summed E-state index contributed by atoms with van der Waals surface area (Å²) in [5.74, 6) is 0.340. The Kier molecular flexibility index (Phi) is 12.2. The number of benzene rings is 4. The van der Waals surface area contributed by atoms with E-state index in [1.54, 1.807) is 42.1 Å². The van der Waals surface area contributed by atoms with Gasteiger partial charge in [0.2, 0.25) is 0 Å². The number of nitrogens with two attached hydrogens (primary N) is 1. The third-order valence-corrected chi connectivity index (χ3v) is 10.7. The van der Waals surface area contributed by atoms with Crippen LogP contribution in [0.15, 0.2) is 122 Å². The molecule has 1 aliphatic heterocycles. The highest BCUT2D eigenvalue weighted by Gasteiger charge is 2.20. The molecule has 1 heterocycles. The lowest BCUT2D eigenvalue weighted by atomic mass is 10.00. The van der Waals surface area contributed by atoms with Crippen LogP contribution in [0.5, 0.6) is 0 Å². The number of piperidine rings is 1. The lowest BCUT2D eigenvalue weighted by molar-refractivity contribution is 0.391. The molecule has 0 amide bonds. The third kappa shape index (κ3) is 10.2. The Hall–Kier alpha value is -4.52. The molecule has 1 fully saturated rings. The number of sulfonamides is 1. The molecule has 1 aliphatic rings. The van der Waals surface area contributed by atoms with Gasteiger partial charge in [-0.1, -0.05) is 42.0 Å². The van der Waals surface area contributed by atoms with Crippen LogP contribution < -0.4 is 16.0 Å². The van der Waals surface area contributed by atoms with E-state index < -0.39 is 10.0 Å². The van der Waals surface area contributed by atoms with Crippen LogP contribution in [0, 0.1) is 10.7 Å². The van der Waals surface area contributed by atoms with Crippen LogP contribution in [-0.4, -0.2) is 64.7 Å². The van der Waals surface area contributed by atoms with Crippen molar-refractivity contribution in [3.63, 3.8) is 0 Å². The summed E-state index contributed by atoms with van der Waals surface area (Å²) in [5, 5.41) is 6.54. The van der Waals surface area contributed by atoms with Crippen molar-refractivity contribution >= 4 is 50.8 Å². The summed E-state index contributed by atoms with van der Waals surface area (Å²) in [6, 6.07) is 28.0. The Bertz CT molecular complexity index is 1870. The van der Waals surface area contributed by atoms with Crippen LogP contribution in [-0.2, 0) is 10.0 Å². The molecule has 1 saturated heterocycles. The summed E-state index contributed by atoms with van der Waals surface area (Å²) in [6.45, 7) is 2.47. The van der Waals surface area contributed by atoms with Crippen molar-refractivity contribution in [3.05, 3.63) is 124 Å². The fourth-order valence-corrected chi connectivity index (χ4v) is 7.45. The summed E-state index contributed by atoms with van der Waals surface area (Å²) in [7, 11) is -0.228. The molecule has 0 radical (unpaired) electrons. The summed E-state index contributed by atoms with van der Waals surface area (Å²) < 4.78 is 43.6. The first-order chi connectivity index (χ1) is 23.6. The largest absolute Gasteiger partial charge is 0.383 e. The smallest absolute Gasteiger partial charge is 0.284 e. The Morgan fingerprint density at radius 3 is 2.35 bits per heavy atom. The number of hydrogen-bond donors (Lipinski definition) is 2. The monoisotopic (exact) mass is 700 g/mol. The second-order valence-electron chi connectivity index (χ2n) is 12.2. The van der Waals surface area contributed by atoms with Gasteiger partial charge in [-0.15, -0.1) is 21.1 Å². The number of halogens is 1. The van der Waals surface area contributed by atoms with Crippen LogP contribution >= 0.6 is 11.8 Å². The molecule has 12 heteroatoms. The molecule has 0 bridgehead atoms. The topological polar surface area (TPSA) is 120 Å². The van der Waals surface area contributed by atoms with Crippen LogP contribution in [0.2, 0.25) is 0 Å². The fraction of sp³-hybridized carbons (Fsp3) is 0.270. The molecule has 1 atom stereocenters. The van der Waals surface area contributed by atoms with Gasteiger partial charge in [0.1, 0.15) is 17.3 Å². The molecule has 0 spiro atoms. The van der Waals surface area contributed by atoms with Crippen molar-refractivity contribution in [1.29, 1.82) is 0 Å². The van der Waals surface area contributed by atoms with Gasteiger partial charge in [-0.25, -0.2) is 4.39 Å². The molecule has 49 heavy (non-hydrogen) atoms. The van der Waals surface area contributed by atoms with Gasteiger partial charge >= 0.3 is 0 Å². The highest BCUT2D eigenvalue weighted by molar-refractivity contribution is 7.99. The summed E-state index contributed by atoms with van der Waals surface area (Å²) in [5.41, 5.74) is 10.4. The van der Waals surface area contributed by atoms with Gasteiger partial charge in [-0.3, -0.25) is 0 Å². The van der Waals surface area contributed by atoms with Gasteiger partial charge < -0.3 is 20.9 Å². The number of nitrogens with zero attached hydrogens (tertiary/aromatic N) is 4. The molecular formula is C37H41FN6O3S2. The second-order valence-corrected chi connectivity index (χ2v) is 14.9. The van der Waals surface area contributed by atoms with E-state index in [0.717, 1.165) is 60.8 Å². The van der Waals surface area contributed by atoms with Crippen LogP contribution in [0.25, 0.3) is 6.08 Å². The van der Waals surface area contributed by atoms with E-state index >= 15 is 0 Å². The highest BCUT2D eigenvalue weighted by Crippen LogP contribution is 2.31. The number of nitrogens with one attached hydrogen (secondary N) is 1. The quantitative estimate of drug-likeness (QED) is 0.0600. The Balaban J connectivity index is 1.23. The first-order valence-corrected chi connectivity index (χ1v) is 18.5. The van der Waals surface area contributed by atoms with E-state index in [9.17, 15) is 17.7 Å². The van der Waals surface area contributed by atoms with Crippen molar-refractivity contribution in [2.24, 2.45) is 15.3 Å². The summed E-state index contributed by atoms with van der Waals surface area (Å²) in [6.07, 6.45) is 4.69. The van der Waals surface area contributed by atoms with E-state index in [2.05, 4.69) is 30.8 Å². The predicted octanol–water partition coefficient (Wildman–Crippen LogP) is 7.53. The van der Waals surface area contributed by atoms with Crippen molar-refractivity contribution in [2.75, 3.05) is 49.7 Å². The van der Waals surface area contributed by atoms with Gasteiger partial charge in [0.25, 0.3) is 10.0 Å².